The first-order valence-electron chi connectivity index (χ1n) is 6.46. The fraction of sp³-hybridized carbons (Fsp3) is 0.333. The molecular formula is C15H16O6S. The van der Waals surface area contributed by atoms with Crippen molar-refractivity contribution in [2.24, 2.45) is 0 Å². The summed E-state index contributed by atoms with van der Waals surface area (Å²) in [6.07, 6.45) is 0. The molecule has 1 heterocycles. The molecule has 6 nitrogen and oxygen atoms in total. The topological polar surface area (TPSA) is 71.1 Å². The van der Waals surface area contributed by atoms with Crippen LogP contribution in [-0.2, 0) is 19.1 Å². The van der Waals surface area contributed by atoms with Gasteiger partial charge in [-0.05, 0) is 29.3 Å². The molecule has 2 rings (SSSR count). The van der Waals surface area contributed by atoms with Crippen molar-refractivity contribution in [1.29, 1.82) is 0 Å². The van der Waals surface area contributed by atoms with Crippen molar-refractivity contribution in [3.05, 3.63) is 23.1 Å². The summed E-state index contributed by atoms with van der Waals surface area (Å²) in [6, 6.07) is 3.57. The van der Waals surface area contributed by atoms with Crippen LogP contribution in [0.3, 0.4) is 0 Å². The third kappa shape index (κ3) is 3.67. The minimum absolute atomic E-state index is 0.235. The van der Waals surface area contributed by atoms with Crippen molar-refractivity contribution >= 4 is 33.4 Å². The zero-order valence-corrected chi connectivity index (χ0v) is 13.3. The van der Waals surface area contributed by atoms with E-state index in [9.17, 15) is 9.59 Å². The summed E-state index contributed by atoms with van der Waals surface area (Å²) in [5, 5.41) is 3.02. The molecule has 1 aromatic carbocycles. The van der Waals surface area contributed by atoms with Crippen LogP contribution in [-0.4, -0.2) is 39.4 Å². The Kier molecular flexibility index (Phi) is 5.21. The first kappa shape index (κ1) is 16.1. The molecular weight excluding hydrogens is 308 g/mol. The fourth-order valence-electron chi connectivity index (χ4n) is 1.78. The predicted molar refractivity (Wildman–Crippen MR) is 81.6 cm³/mol. The van der Waals surface area contributed by atoms with Crippen LogP contribution in [0.15, 0.2) is 17.5 Å². The van der Waals surface area contributed by atoms with Crippen molar-refractivity contribution in [1.82, 2.24) is 0 Å². The van der Waals surface area contributed by atoms with Crippen LogP contribution in [0.4, 0.5) is 0 Å². The summed E-state index contributed by atoms with van der Waals surface area (Å²) in [7, 11) is 2.57. The molecule has 0 unspecified atom stereocenters. The van der Waals surface area contributed by atoms with Crippen LogP contribution in [0.5, 0.6) is 11.5 Å². The summed E-state index contributed by atoms with van der Waals surface area (Å²) in [5.74, 6) is -0.241. The first-order chi connectivity index (χ1) is 10.5. The molecule has 22 heavy (non-hydrogen) atoms. The van der Waals surface area contributed by atoms with E-state index in [2.05, 4.69) is 9.47 Å². The molecule has 7 heteroatoms. The maximum Gasteiger partial charge on any atom is 0.343 e. The predicted octanol–water partition coefficient (Wildman–Crippen LogP) is 2.31. The summed E-state index contributed by atoms with van der Waals surface area (Å²) < 4.78 is 21.0. The van der Waals surface area contributed by atoms with Crippen molar-refractivity contribution < 1.29 is 28.5 Å². The number of carbonyl (C=O) groups excluding carboxylic acids is 2. The Hall–Kier alpha value is -2.28. The van der Waals surface area contributed by atoms with Gasteiger partial charge in [0, 0.05) is 10.8 Å². The normalized spacial score (nSPS) is 10.3. The lowest BCUT2D eigenvalue weighted by Gasteiger charge is -2.12. The number of methoxy groups -OCH3 is 2. The third-order valence-corrected chi connectivity index (χ3v) is 4.04. The Morgan fingerprint density at radius 2 is 1.55 bits per heavy atom. The lowest BCUT2D eigenvalue weighted by molar-refractivity contribution is -0.144. The molecule has 0 radical (unpaired) electrons. The number of carbonyl (C=O) groups is 2. The Bertz CT molecular complexity index is 691. The highest BCUT2D eigenvalue weighted by Crippen LogP contribution is 2.37. The number of thiophene rings is 1. The monoisotopic (exact) mass is 324 g/mol. The Morgan fingerprint density at radius 3 is 2.09 bits per heavy atom. The summed E-state index contributed by atoms with van der Waals surface area (Å²) in [4.78, 5) is 22.4. The van der Waals surface area contributed by atoms with E-state index in [1.807, 2.05) is 12.3 Å². The zero-order valence-electron chi connectivity index (χ0n) is 12.5. The van der Waals surface area contributed by atoms with E-state index in [0.717, 1.165) is 15.6 Å². The molecule has 0 saturated carbocycles. The van der Waals surface area contributed by atoms with Crippen molar-refractivity contribution in [3.8, 4) is 11.5 Å². The lowest BCUT2D eigenvalue weighted by atomic mass is 10.2. The van der Waals surface area contributed by atoms with Gasteiger partial charge in [0.1, 0.15) is 0 Å². The highest BCUT2D eigenvalue weighted by Gasteiger charge is 2.14. The molecule has 0 bridgehead atoms. The van der Waals surface area contributed by atoms with Gasteiger partial charge in [-0.15, -0.1) is 11.3 Å². The van der Waals surface area contributed by atoms with Crippen LogP contribution < -0.4 is 9.47 Å². The fourth-order valence-corrected chi connectivity index (χ4v) is 2.73. The van der Waals surface area contributed by atoms with Crippen molar-refractivity contribution in [2.45, 2.75) is 6.92 Å². The van der Waals surface area contributed by atoms with Gasteiger partial charge in [0.2, 0.25) is 0 Å². The number of esters is 2. The van der Waals surface area contributed by atoms with Crippen LogP contribution in [0.1, 0.15) is 5.56 Å². The van der Waals surface area contributed by atoms with E-state index < -0.39 is 11.9 Å². The second-order valence-electron chi connectivity index (χ2n) is 4.44. The van der Waals surface area contributed by atoms with Gasteiger partial charge in [0.05, 0.1) is 14.2 Å². The number of hydrogen-bond donors (Lipinski definition) is 0. The SMILES string of the molecule is COC(=O)COc1cc2scc(C)c2cc1OCC(=O)OC. The average Bonchev–Trinajstić information content (AvgIpc) is 2.89. The molecule has 0 aliphatic rings. The Labute approximate surface area is 131 Å². The van der Waals surface area contributed by atoms with Crippen molar-refractivity contribution in [3.63, 3.8) is 0 Å². The molecule has 0 fully saturated rings. The second kappa shape index (κ2) is 7.13. The van der Waals surface area contributed by atoms with E-state index >= 15 is 0 Å². The van der Waals surface area contributed by atoms with Gasteiger partial charge < -0.3 is 18.9 Å². The maximum absolute atomic E-state index is 11.2. The van der Waals surface area contributed by atoms with Crippen LogP contribution >= 0.6 is 11.3 Å². The van der Waals surface area contributed by atoms with Crippen LogP contribution in [0.2, 0.25) is 0 Å². The highest BCUT2D eigenvalue weighted by atomic mass is 32.1. The Morgan fingerprint density at radius 1 is 1.00 bits per heavy atom. The molecule has 0 aliphatic carbocycles. The highest BCUT2D eigenvalue weighted by molar-refractivity contribution is 7.17. The zero-order chi connectivity index (χ0) is 16.1. The molecule has 0 atom stereocenters. The van der Waals surface area contributed by atoms with E-state index in [0.29, 0.717) is 11.5 Å². The van der Waals surface area contributed by atoms with Gasteiger partial charge in [0.15, 0.2) is 24.7 Å². The lowest BCUT2D eigenvalue weighted by Crippen LogP contribution is -2.15. The minimum Gasteiger partial charge on any atom is -0.478 e. The number of fused-ring (bicyclic) bond motifs is 1. The first-order valence-corrected chi connectivity index (χ1v) is 7.34. The van der Waals surface area contributed by atoms with Gasteiger partial charge >= 0.3 is 11.9 Å². The summed E-state index contributed by atoms with van der Waals surface area (Å²) in [6.45, 7) is 1.51. The number of ether oxygens (including phenoxy) is 4. The molecule has 0 spiro atoms. The largest absolute Gasteiger partial charge is 0.478 e. The molecule has 2 aromatic rings. The summed E-state index contributed by atoms with van der Waals surface area (Å²) in [5.41, 5.74) is 1.10. The van der Waals surface area contributed by atoms with Gasteiger partial charge in [-0.25, -0.2) is 9.59 Å². The third-order valence-electron chi connectivity index (χ3n) is 2.98. The number of hydrogen-bond acceptors (Lipinski definition) is 7. The van der Waals surface area contributed by atoms with Gasteiger partial charge in [-0.2, -0.15) is 0 Å². The molecule has 0 amide bonds. The molecule has 1 aromatic heterocycles. The van der Waals surface area contributed by atoms with E-state index in [-0.39, 0.29) is 13.2 Å². The maximum atomic E-state index is 11.2. The summed E-state index contributed by atoms with van der Waals surface area (Å²) >= 11 is 1.56. The van der Waals surface area contributed by atoms with Crippen LogP contribution in [0, 0.1) is 6.92 Å². The van der Waals surface area contributed by atoms with Crippen LogP contribution in [0.25, 0.3) is 10.1 Å². The van der Waals surface area contributed by atoms with E-state index in [1.165, 1.54) is 14.2 Å². The van der Waals surface area contributed by atoms with E-state index in [4.69, 9.17) is 9.47 Å². The molecule has 0 saturated heterocycles. The van der Waals surface area contributed by atoms with Gasteiger partial charge in [-0.3, -0.25) is 0 Å². The van der Waals surface area contributed by atoms with E-state index in [1.54, 1.807) is 23.5 Å². The number of benzene rings is 1. The minimum atomic E-state index is -0.499. The number of rotatable bonds is 6. The average molecular weight is 324 g/mol. The second-order valence-corrected chi connectivity index (χ2v) is 5.35. The molecule has 0 aliphatic heterocycles. The quantitative estimate of drug-likeness (QED) is 0.759. The Balaban J connectivity index is 2.28. The standard InChI is InChI=1S/C15H16O6S/c1-9-8-22-13-5-12(21-7-15(17)19-3)11(4-10(9)13)20-6-14(16)18-2/h4-5,8H,6-7H2,1-3H3. The van der Waals surface area contributed by atoms with Crippen molar-refractivity contribution in [2.75, 3.05) is 27.4 Å². The molecule has 0 N–H and O–H groups in total. The molecule has 118 valence electrons. The number of aryl methyl sites for hydroxylation is 1. The van der Waals surface area contributed by atoms with Gasteiger partial charge in [0.25, 0.3) is 0 Å². The smallest absolute Gasteiger partial charge is 0.343 e. The van der Waals surface area contributed by atoms with Gasteiger partial charge in [-0.1, -0.05) is 0 Å².